The van der Waals surface area contributed by atoms with Crippen LogP contribution in [0.3, 0.4) is 0 Å². The summed E-state index contributed by atoms with van der Waals surface area (Å²) in [4.78, 5) is 23.6. The lowest BCUT2D eigenvalue weighted by atomic mass is 10.2. The maximum Gasteiger partial charge on any atom is 0.377 e. The number of hydrogen-bond donors (Lipinski definition) is 1. The minimum absolute atomic E-state index is 0.0363. The van der Waals surface area contributed by atoms with Crippen molar-refractivity contribution in [3.8, 4) is 5.82 Å². The second-order valence-corrected chi connectivity index (χ2v) is 4.17. The van der Waals surface area contributed by atoms with Crippen molar-refractivity contribution in [3.63, 3.8) is 0 Å². The molecule has 2 aromatic heterocycles. The van der Waals surface area contributed by atoms with Gasteiger partial charge in [0.15, 0.2) is 5.82 Å². The molecule has 0 spiro atoms. The summed E-state index contributed by atoms with van der Waals surface area (Å²) in [5.41, 5.74) is 5.72. The standard InChI is InChI=1S/C11H14N6O2/c1-6(2)9-14-7(12)4-8(15-9)17-5-13-10(16-17)11(18)19-3/h4-6H,1-3H3,(H2,12,14,15). The second-order valence-electron chi connectivity index (χ2n) is 4.17. The van der Waals surface area contributed by atoms with Crippen LogP contribution in [0.4, 0.5) is 5.82 Å². The minimum Gasteiger partial charge on any atom is -0.463 e. The van der Waals surface area contributed by atoms with E-state index in [1.54, 1.807) is 6.07 Å². The largest absolute Gasteiger partial charge is 0.463 e. The number of rotatable bonds is 3. The number of methoxy groups -OCH3 is 1. The monoisotopic (exact) mass is 262 g/mol. The average molecular weight is 262 g/mol. The van der Waals surface area contributed by atoms with Gasteiger partial charge in [-0.1, -0.05) is 13.8 Å². The van der Waals surface area contributed by atoms with E-state index in [1.807, 2.05) is 13.8 Å². The summed E-state index contributed by atoms with van der Waals surface area (Å²) < 4.78 is 5.89. The van der Waals surface area contributed by atoms with E-state index in [9.17, 15) is 4.79 Å². The molecule has 0 amide bonds. The van der Waals surface area contributed by atoms with Crippen LogP contribution in [0.15, 0.2) is 12.4 Å². The lowest BCUT2D eigenvalue weighted by Gasteiger charge is -2.07. The van der Waals surface area contributed by atoms with Gasteiger partial charge < -0.3 is 10.5 Å². The molecular formula is C11H14N6O2. The third-order valence-corrected chi connectivity index (χ3v) is 2.36. The van der Waals surface area contributed by atoms with Crippen LogP contribution in [0.2, 0.25) is 0 Å². The summed E-state index contributed by atoms with van der Waals surface area (Å²) in [6.45, 7) is 3.92. The van der Waals surface area contributed by atoms with Crippen LogP contribution in [0, 0.1) is 0 Å². The Morgan fingerprint density at radius 1 is 1.42 bits per heavy atom. The lowest BCUT2D eigenvalue weighted by molar-refractivity contribution is 0.0587. The summed E-state index contributed by atoms with van der Waals surface area (Å²) in [7, 11) is 1.27. The number of nitrogen functional groups attached to an aromatic ring is 1. The summed E-state index contributed by atoms with van der Waals surface area (Å²) in [5.74, 6) is 0.884. The molecule has 0 aliphatic heterocycles. The Bertz CT molecular complexity index is 607. The minimum atomic E-state index is -0.607. The Morgan fingerprint density at radius 3 is 2.79 bits per heavy atom. The summed E-state index contributed by atoms with van der Waals surface area (Å²) in [6.07, 6.45) is 1.37. The van der Waals surface area contributed by atoms with Gasteiger partial charge >= 0.3 is 5.97 Å². The van der Waals surface area contributed by atoms with Gasteiger partial charge in [-0.15, -0.1) is 5.10 Å². The number of anilines is 1. The second kappa shape index (κ2) is 5.01. The van der Waals surface area contributed by atoms with Crippen LogP contribution in [-0.2, 0) is 4.74 Å². The maximum absolute atomic E-state index is 11.3. The van der Waals surface area contributed by atoms with Gasteiger partial charge in [-0.3, -0.25) is 0 Å². The van der Waals surface area contributed by atoms with E-state index in [4.69, 9.17) is 5.73 Å². The Hall–Kier alpha value is -2.51. The molecule has 2 rings (SSSR count). The molecule has 0 unspecified atom stereocenters. The van der Waals surface area contributed by atoms with Crippen molar-refractivity contribution >= 4 is 11.8 Å². The molecule has 2 heterocycles. The van der Waals surface area contributed by atoms with Gasteiger partial charge in [-0.2, -0.15) is 0 Å². The highest BCUT2D eigenvalue weighted by molar-refractivity contribution is 5.84. The van der Waals surface area contributed by atoms with Crippen LogP contribution in [0.5, 0.6) is 0 Å². The Kier molecular flexibility index (Phi) is 3.41. The van der Waals surface area contributed by atoms with Crippen LogP contribution in [-0.4, -0.2) is 37.8 Å². The van der Waals surface area contributed by atoms with Crippen LogP contribution in [0.25, 0.3) is 5.82 Å². The number of nitrogens with zero attached hydrogens (tertiary/aromatic N) is 5. The van der Waals surface area contributed by atoms with E-state index in [-0.39, 0.29) is 11.7 Å². The van der Waals surface area contributed by atoms with Crippen molar-refractivity contribution < 1.29 is 9.53 Å². The van der Waals surface area contributed by atoms with Crippen molar-refractivity contribution in [2.45, 2.75) is 19.8 Å². The third-order valence-electron chi connectivity index (χ3n) is 2.36. The molecule has 0 fully saturated rings. The fraction of sp³-hybridized carbons (Fsp3) is 0.364. The average Bonchev–Trinajstić information content (AvgIpc) is 2.86. The topological polar surface area (TPSA) is 109 Å². The van der Waals surface area contributed by atoms with Gasteiger partial charge in [-0.25, -0.2) is 24.4 Å². The van der Waals surface area contributed by atoms with Crippen molar-refractivity contribution in [3.05, 3.63) is 24.0 Å². The van der Waals surface area contributed by atoms with Crippen molar-refractivity contribution in [2.75, 3.05) is 12.8 Å². The first-order valence-corrected chi connectivity index (χ1v) is 5.66. The highest BCUT2D eigenvalue weighted by atomic mass is 16.5. The van der Waals surface area contributed by atoms with Gasteiger partial charge in [0.1, 0.15) is 18.0 Å². The van der Waals surface area contributed by atoms with Gasteiger partial charge in [0.2, 0.25) is 0 Å². The summed E-state index contributed by atoms with van der Waals surface area (Å²) in [5, 5.41) is 3.98. The zero-order valence-electron chi connectivity index (χ0n) is 10.9. The van der Waals surface area contributed by atoms with Crippen molar-refractivity contribution in [1.29, 1.82) is 0 Å². The van der Waals surface area contributed by atoms with Gasteiger partial charge in [-0.05, 0) is 0 Å². The lowest BCUT2D eigenvalue weighted by Crippen LogP contribution is -2.09. The van der Waals surface area contributed by atoms with E-state index in [0.29, 0.717) is 17.5 Å². The first-order valence-electron chi connectivity index (χ1n) is 5.66. The molecule has 0 saturated heterocycles. The normalized spacial score (nSPS) is 10.7. The molecule has 0 aliphatic carbocycles. The van der Waals surface area contributed by atoms with E-state index in [2.05, 4.69) is 24.8 Å². The fourth-order valence-corrected chi connectivity index (χ4v) is 1.41. The van der Waals surface area contributed by atoms with Crippen molar-refractivity contribution in [1.82, 2.24) is 24.7 Å². The number of hydrogen-bond acceptors (Lipinski definition) is 7. The molecule has 100 valence electrons. The number of nitrogens with two attached hydrogens (primary N) is 1. The molecule has 8 nitrogen and oxygen atoms in total. The molecule has 0 aromatic carbocycles. The third kappa shape index (κ3) is 2.67. The molecule has 0 radical (unpaired) electrons. The van der Waals surface area contributed by atoms with E-state index in [1.165, 1.54) is 18.1 Å². The Morgan fingerprint density at radius 2 is 2.16 bits per heavy atom. The molecular weight excluding hydrogens is 248 g/mol. The number of carbonyl (C=O) groups is 1. The number of ether oxygens (including phenoxy) is 1. The molecule has 2 aromatic rings. The first-order chi connectivity index (χ1) is 9.01. The number of carbonyl (C=O) groups excluding carboxylic acids is 1. The smallest absolute Gasteiger partial charge is 0.377 e. The molecule has 0 saturated carbocycles. The van der Waals surface area contributed by atoms with Crippen LogP contribution < -0.4 is 5.73 Å². The van der Waals surface area contributed by atoms with E-state index < -0.39 is 5.97 Å². The maximum atomic E-state index is 11.3. The Balaban J connectivity index is 2.41. The molecule has 0 atom stereocenters. The van der Waals surface area contributed by atoms with Crippen LogP contribution >= 0.6 is 0 Å². The quantitative estimate of drug-likeness (QED) is 0.804. The van der Waals surface area contributed by atoms with Crippen LogP contribution in [0.1, 0.15) is 36.2 Å². The molecule has 0 aliphatic rings. The zero-order chi connectivity index (χ0) is 14.0. The van der Waals surface area contributed by atoms with E-state index in [0.717, 1.165) is 0 Å². The highest BCUT2D eigenvalue weighted by Gasteiger charge is 2.14. The molecule has 8 heteroatoms. The van der Waals surface area contributed by atoms with Gasteiger partial charge in [0.25, 0.3) is 5.82 Å². The molecule has 2 N–H and O–H groups in total. The first kappa shape index (κ1) is 12.9. The SMILES string of the molecule is COC(=O)c1ncn(-c2cc(N)nc(C(C)C)n2)n1. The molecule has 0 bridgehead atoms. The highest BCUT2D eigenvalue weighted by Crippen LogP contribution is 2.14. The predicted octanol–water partition coefficient (Wildman–Crippen LogP) is 0.549. The van der Waals surface area contributed by atoms with Gasteiger partial charge in [0.05, 0.1) is 7.11 Å². The van der Waals surface area contributed by atoms with Gasteiger partial charge in [0, 0.05) is 12.0 Å². The zero-order valence-corrected chi connectivity index (χ0v) is 10.9. The Labute approximate surface area is 109 Å². The van der Waals surface area contributed by atoms with E-state index >= 15 is 0 Å². The summed E-state index contributed by atoms with van der Waals surface area (Å²) >= 11 is 0. The molecule has 19 heavy (non-hydrogen) atoms. The number of esters is 1. The number of aromatic nitrogens is 5. The van der Waals surface area contributed by atoms with Crippen molar-refractivity contribution in [2.24, 2.45) is 0 Å². The predicted molar refractivity (Wildman–Crippen MR) is 66.8 cm³/mol. The fourth-order valence-electron chi connectivity index (χ4n) is 1.41. The summed E-state index contributed by atoms with van der Waals surface area (Å²) in [6, 6.07) is 1.56.